The minimum Gasteiger partial charge on any atom is -0.475 e. The van der Waals surface area contributed by atoms with Crippen molar-refractivity contribution in [2.75, 3.05) is 37.6 Å². The lowest BCUT2D eigenvalue weighted by molar-refractivity contribution is -0.0130. The Bertz CT molecular complexity index is 1640. The van der Waals surface area contributed by atoms with Crippen molar-refractivity contribution in [1.29, 1.82) is 0 Å². The fourth-order valence-corrected chi connectivity index (χ4v) is 7.58. The van der Waals surface area contributed by atoms with Crippen LogP contribution in [0, 0.1) is 19.3 Å². The number of nitrogens with zero attached hydrogens (tertiary/aromatic N) is 4. The van der Waals surface area contributed by atoms with Gasteiger partial charge in [0.05, 0.1) is 29.8 Å². The molecule has 12 heteroatoms. The Balaban J connectivity index is 1.61. The Morgan fingerprint density at radius 2 is 1.65 bits per heavy atom. The Labute approximate surface area is 271 Å². The van der Waals surface area contributed by atoms with Crippen LogP contribution in [0.25, 0.3) is 11.3 Å². The van der Waals surface area contributed by atoms with Gasteiger partial charge in [0.1, 0.15) is 6.61 Å². The number of carbonyl (C=O) groups excluding carboxylic acids is 1. The second-order valence-electron chi connectivity index (χ2n) is 13.5. The molecule has 2 aliphatic rings. The minimum absolute atomic E-state index is 0.0233. The second-order valence-corrected chi connectivity index (χ2v) is 15.2. The van der Waals surface area contributed by atoms with Gasteiger partial charge in [-0.2, -0.15) is 4.98 Å². The first kappa shape index (κ1) is 33.8. The lowest BCUT2D eigenvalue weighted by atomic mass is 9.80. The number of rotatable bonds is 8. The average Bonchev–Trinajstić information content (AvgIpc) is 2.95. The van der Waals surface area contributed by atoms with E-state index in [2.05, 4.69) is 35.5 Å². The van der Waals surface area contributed by atoms with E-state index in [9.17, 15) is 23.4 Å². The minimum atomic E-state index is -4.16. The van der Waals surface area contributed by atoms with Gasteiger partial charge in [0.2, 0.25) is 11.8 Å². The van der Waals surface area contributed by atoms with Crippen molar-refractivity contribution in [2.45, 2.75) is 76.9 Å². The van der Waals surface area contributed by atoms with Gasteiger partial charge in [-0.05, 0) is 67.9 Å². The number of hydrogen-bond acceptors (Lipinski definition) is 9. The number of benzene rings is 2. The van der Waals surface area contributed by atoms with E-state index in [1.54, 1.807) is 18.2 Å². The number of sulfonamides is 1. The van der Waals surface area contributed by atoms with E-state index in [1.165, 1.54) is 12.1 Å². The van der Waals surface area contributed by atoms with Crippen LogP contribution in [-0.4, -0.2) is 95.3 Å². The van der Waals surface area contributed by atoms with Gasteiger partial charge in [0.25, 0.3) is 15.9 Å². The molecule has 3 aromatic rings. The van der Waals surface area contributed by atoms with Crippen molar-refractivity contribution in [3.8, 4) is 17.1 Å². The zero-order valence-electron chi connectivity index (χ0n) is 27.2. The molecule has 3 N–H and O–H groups in total. The van der Waals surface area contributed by atoms with Crippen molar-refractivity contribution in [1.82, 2.24) is 19.8 Å². The zero-order chi connectivity index (χ0) is 33.2. The van der Waals surface area contributed by atoms with Gasteiger partial charge >= 0.3 is 0 Å². The van der Waals surface area contributed by atoms with Crippen LogP contribution < -0.4 is 9.46 Å². The lowest BCUT2D eigenvalue weighted by Crippen LogP contribution is -2.60. The number of carbonyl (C=O) groups is 1. The van der Waals surface area contributed by atoms with E-state index >= 15 is 0 Å². The van der Waals surface area contributed by atoms with E-state index < -0.39 is 10.0 Å². The zero-order valence-corrected chi connectivity index (χ0v) is 28.0. The highest BCUT2D eigenvalue weighted by molar-refractivity contribution is 7.92. The number of nitrogens with one attached hydrogen (secondary N) is 1. The highest BCUT2D eigenvalue weighted by atomic mass is 32.2. The van der Waals surface area contributed by atoms with E-state index in [0.717, 1.165) is 16.7 Å². The molecular formula is C34H45N5O6S. The van der Waals surface area contributed by atoms with Crippen LogP contribution in [-0.2, 0) is 10.0 Å². The monoisotopic (exact) mass is 651 g/mol. The van der Waals surface area contributed by atoms with Gasteiger partial charge in [-0.15, -0.1) is 0 Å². The maximum atomic E-state index is 14.4. The number of fused-ring (bicyclic) bond motifs is 4. The Hall–Kier alpha value is -3.58. The molecule has 5 rings (SSSR count). The highest BCUT2D eigenvalue weighted by Crippen LogP contribution is 2.36. The van der Waals surface area contributed by atoms with Crippen molar-refractivity contribution < 1.29 is 28.2 Å². The third-order valence-electron chi connectivity index (χ3n) is 8.73. The first-order chi connectivity index (χ1) is 21.8. The summed E-state index contributed by atoms with van der Waals surface area (Å²) in [6, 6.07) is 13.3. The molecule has 2 aromatic carbocycles. The summed E-state index contributed by atoms with van der Waals surface area (Å²) in [6.07, 6.45) is 1.93. The molecule has 1 aliphatic carbocycles. The number of aliphatic hydroxyl groups is 2. The van der Waals surface area contributed by atoms with Gasteiger partial charge in [-0.1, -0.05) is 45.0 Å². The average molecular weight is 652 g/mol. The number of aliphatic hydroxyl groups excluding tert-OH is 2. The van der Waals surface area contributed by atoms with Crippen LogP contribution in [0.15, 0.2) is 53.4 Å². The summed E-state index contributed by atoms with van der Waals surface area (Å²) < 4.78 is 36.2. The molecule has 46 heavy (non-hydrogen) atoms. The maximum absolute atomic E-state index is 14.4. The normalized spacial score (nSPS) is 21.3. The number of ether oxygens (including phenoxy) is 1. The van der Waals surface area contributed by atoms with Crippen molar-refractivity contribution in [2.24, 2.45) is 5.41 Å². The van der Waals surface area contributed by atoms with Gasteiger partial charge in [0.15, 0.2) is 0 Å². The molecule has 0 spiro atoms. The number of amides is 1. The molecule has 0 saturated heterocycles. The Morgan fingerprint density at radius 3 is 2.28 bits per heavy atom. The molecule has 1 amide bonds. The summed E-state index contributed by atoms with van der Waals surface area (Å²) in [7, 11) is -4.16. The fraction of sp³-hybridized carbons (Fsp3) is 0.500. The molecular weight excluding hydrogens is 606 g/mol. The molecule has 0 unspecified atom stereocenters. The predicted molar refractivity (Wildman–Crippen MR) is 176 cm³/mol. The third kappa shape index (κ3) is 7.52. The molecule has 0 radical (unpaired) electrons. The van der Waals surface area contributed by atoms with Crippen LogP contribution in [0.4, 0.5) is 5.95 Å². The molecule has 4 bridgehead atoms. The maximum Gasteiger partial charge on any atom is 0.264 e. The Kier molecular flexibility index (Phi) is 10.0. The standard InChI is InChI=1S/C34H45N5O6S/c1-22-8-6-9-23(2)31(22)29-19-30-36-33(35-29)37-46(43,44)28-11-7-10-24(16-28)32(42)39(27(21-45-30)20-34(3,4)5)26-17-25(18-26)38(12-14-40)13-15-41/h6-11,16,19,25-27,40-41H,12-15,17-18,20-21H2,1-5H3,(H,35,36,37)/t25?,26?,27-/m1/s1. The Morgan fingerprint density at radius 1 is 1.00 bits per heavy atom. The largest absolute Gasteiger partial charge is 0.475 e. The molecule has 248 valence electrons. The lowest BCUT2D eigenvalue weighted by Gasteiger charge is -2.50. The van der Waals surface area contributed by atoms with Crippen molar-refractivity contribution in [3.05, 3.63) is 65.2 Å². The van der Waals surface area contributed by atoms with Crippen LogP contribution in [0.2, 0.25) is 0 Å². The van der Waals surface area contributed by atoms with Crippen molar-refractivity contribution >= 4 is 21.9 Å². The number of hydrogen-bond donors (Lipinski definition) is 3. The van der Waals surface area contributed by atoms with E-state index in [0.29, 0.717) is 38.0 Å². The molecule has 11 nitrogen and oxygen atoms in total. The number of aromatic nitrogens is 2. The van der Waals surface area contributed by atoms with Crippen LogP contribution in [0.3, 0.4) is 0 Å². The summed E-state index contributed by atoms with van der Waals surface area (Å²) in [6.45, 7) is 11.2. The first-order valence-electron chi connectivity index (χ1n) is 15.8. The second kappa shape index (κ2) is 13.6. The number of aryl methyl sites for hydroxylation is 2. The van der Waals surface area contributed by atoms with Crippen LogP contribution >= 0.6 is 0 Å². The SMILES string of the molecule is Cc1cccc(C)c1-c1cc2nc(n1)NS(=O)(=O)c1cccc(c1)C(=O)N(C1CC(N(CCO)CCO)C1)[C@H](CC(C)(C)C)CO2. The third-order valence-corrected chi connectivity index (χ3v) is 10.1. The summed E-state index contributed by atoms with van der Waals surface area (Å²) >= 11 is 0. The van der Waals surface area contributed by atoms with E-state index in [-0.39, 0.29) is 71.6 Å². The molecule has 1 aliphatic heterocycles. The van der Waals surface area contributed by atoms with Crippen molar-refractivity contribution in [3.63, 3.8) is 0 Å². The van der Waals surface area contributed by atoms with Gasteiger partial charge < -0.3 is 19.8 Å². The van der Waals surface area contributed by atoms with Crippen LogP contribution in [0.1, 0.15) is 61.5 Å². The molecule has 1 atom stereocenters. The number of anilines is 1. The van der Waals surface area contributed by atoms with Gasteiger partial charge in [0, 0.05) is 42.4 Å². The van der Waals surface area contributed by atoms with Gasteiger partial charge in [-0.3, -0.25) is 9.69 Å². The fourth-order valence-electron chi connectivity index (χ4n) is 6.59. The molecule has 1 fully saturated rings. The van der Waals surface area contributed by atoms with Crippen LogP contribution in [0.5, 0.6) is 5.88 Å². The highest BCUT2D eigenvalue weighted by Gasteiger charge is 2.43. The molecule has 1 saturated carbocycles. The summed E-state index contributed by atoms with van der Waals surface area (Å²) in [5, 5.41) is 19.2. The summed E-state index contributed by atoms with van der Waals surface area (Å²) in [5.41, 5.74) is 3.43. The van der Waals surface area contributed by atoms with E-state index in [4.69, 9.17) is 4.74 Å². The molecule has 2 heterocycles. The first-order valence-corrected chi connectivity index (χ1v) is 17.3. The summed E-state index contributed by atoms with van der Waals surface area (Å²) in [5.74, 6) is -0.196. The topological polar surface area (TPSA) is 145 Å². The molecule has 1 aromatic heterocycles. The van der Waals surface area contributed by atoms with E-state index in [1.807, 2.05) is 41.8 Å². The predicted octanol–water partition coefficient (Wildman–Crippen LogP) is 4.02. The smallest absolute Gasteiger partial charge is 0.264 e. The van der Waals surface area contributed by atoms with Gasteiger partial charge in [-0.25, -0.2) is 18.1 Å². The summed E-state index contributed by atoms with van der Waals surface area (Å²) in [4.78, 5) is 27.3. The quantitative estimate of drug-likeness (QED) is 0.329.